The highest BCUT2D eigenvalue weighted by Gasteiger charge is 2.23. The van der Waals surface area contributed by atoms with Crippen molar-refractivity contribution in [1.82, 2.24) is 0 Å². The molecule has 4 heteroatoms. The lowest BCUT2D eigenvalue weighted by atomic mass is 10.1. The van der Waals surface area contributed by atoms with Gasteiger partial charge in [-0.15, -0.1) is 0 Å². The summed E-state index contributed by atoms with van der Waals surface area (Å²) < 4.78 is 5.18. The first kappa shape index (κ1) is 13.2. The molecule has 1 saturated heterocycles. The number of benzene rings is 1. The van der Waals surface area contributed by atoms with Gasteiger partial charge in [0.15, 0.2) is 0 Å². The van der Waals surface area contributed by atoms with E-state index in [9.17, 15) is 10.2 Å². The second-order valence-electron chi connectivity index (χ2n) is 4.98. The molecule has 2 rings (SSSR count). The Hall–Kier alpha value is -1.26. The van der Waals surface area contributed by atoms with Gasteiger partial charge in [-0.1, -0.05) is 6.07 Å². The molecule has 1 heterocycles. The molecule has 100 valence electrons. The fourth-order valence-electron chi connectivity index (χ4n) is 2.52. The maximum absolute atomic E-state index is 9.88. The number of anilines is 1. The molecule has 1 aliphatic heterocycles. The molecule has 2 unspecified atom stereocenters. The largest absolute Gasteiger partial charge is 0.507 e. The smallest absolute Gasteiger partial charge is 0.123 e. The average molecular weight is 251 g/mol. The monoisotopic (exact) mass is 251 g/mol. The van der Waals surface area contributed by atoms with E-state index in [0.29, 0.717) is 11.5 Å². The van der Waals surface area contributed by atoms with Crippen LogP contribution in [0.4, 0.5) is 5.69 Å². The number of ether oxygens (including phenoxy) is 1. The van der Waals surface area contributed by atoms with E-state index in [0.717, 1.165) is 31.8 Å². The number of aliphatic hydroxyl groups is 1. The van der Waals surface area contributed by atoms with Crippen LogP contribution in [0, 0.1) is 5.92 Å². The van der Waals surface area contributed by atoms with Gasteiger partial charge < -0.3 is 19.8 Å². The van der Waals surface area contributed by atoms with Crippen molar-refractivity contribution in [3.63, 3.8) is 0 Å². The molecule has 1 fully saturated rings. The second kappa shape index (κ2) is 5.59. The summed E-state index contributed by atoms with van der Waals surface area (Å²) in [5.74, 6) is 0.728. The van der Waals surface area contributed by atoms with E-state index in [-0.39, 0.29) is 5.75 Å². The summed E-state index contributed by atoms with van der Waals surface area (Å²) in [5.41, 5.74) is 1.59. The molecule has 0 radical (unpaired) electrons. The Labute approximate surface area is 108 Å². The van der Waals surface area contributed by atoms with Gasteiger partial charge in [-0.2, -0.15) is 0 Å². The minimum Gasteiger partial charge on any atom is -0.507 e. The van der Waals surface area contributed by atoms with Crippen molar-refractivity contribution >= 4 is 5.69 Å². The molecule has 0 aliphatic carbocycles. The number of hydrogen-bond acceptors (Lipinski definition) is 4. The Kier molecular flexibility index (Phi) is 4.09. The minimum absolute atomic E-state index is 0.165. The first-order valence-electron chi connectivity index (χ1n) is 6.36. The summed E-state index contributed by atoms with van der Waals surface area (Å²) in [6.07, 6.45) is 0.478. The van der Waals surface area contributed by atoms with Crippen molar-refractivity contribution in [3.05, 3.63) is 23.8 Å². The summed E-state index contributed by atoms with van der Waals surface area (Å²) in [6, 6.07) is 5.48. The van der Waals surface area contributed by atoms with Crippen LogP contribution in [0.2, 0.25) is 0 Å². The Bertz CT molecular complexity index is 406. The summed E-state index contributed by atoms with van der Waals surface area (Å²) in [6.45, 7) is 4.39. The molecular formula is C14H21NO3. The quantitative estimate of drug-likeness (QED) is 0.858. The molecule has 1 aromatic carbocycles. The first-order valence-corrected chi connectivity index (χ1v) is 6.36. The molecule has 2 atom stereocenters. The van der Waals surface area contributed by atoms with Gasteiger partial charge in [0, 0.05) is 43.4 Å². The Balaban J connectivity index is 2.09. The van der Waals surface area contributed by atoms with Crippen molar-refractivity contribution in [2.75, 3.05) is 31.7 Å². The Morgan fingerprint density at radius 1 is 1.50 bits per heavy atom. The molecule has 0 amide bonds. The number of nitrogens with zero attached hydrogens (tertiary/aromatic N) is 1. The van der Waals surface area contributed by atoms with E-state index >= 15 is 0 Å². The van der Waals surface area contributed by atoms with Crippen molar-refractivity contribution < 1.29 is 14.9 Å². The topological polar surface area (TPSA) is 52.9 Å². The lowest BCUT2D eigenvalue weighted by Gasteiger charge is -2.20. The Morgan fingerprint density at radius 3 is 2.89 bits per heavy atom. The van der Waals surface area contributed by atoms with E-state index < -0.39 is 6.10 Å². The van der Waals surface area contributed by atoms with Crippen LogP contribution in [-0.4, -0.2) is 37.0 Å². The minimum atomic E-state index is -0.640. The third kappa shape index (κ3) is 2.76. The third-order valence-corrected chi connectivity index (χ3v) is 3.52. The molecule has 1 aliphatic rings. The fourth-order valence-corrected chi connectivity index (χ4v) is 2.52. The number of phenolic OH excluding ortho intramolecular Hbond substituents is 1. The SMILES string of the molecule is COCC1CCN(c2ccc(C(C)O)c(O)c2)C1. The van der Waals surface area contributed by atoms with Crippen LogP contribution in [0.3, 0.4) is 0 Å². The maximum Gasteiger partial charge on any atom is 0.123 e. The van der Waals surface area contributed by atoms with E-state index in [1.165, 1.54) is 0 Å². The zero-order valence-electron chi connectivity index (χ0n) is 11.0. The number of aliphatic hydroxyl groups excluding tert-OH is 1. The fraction of sp³-hybridized carbons (Fsp3) is 0.571. The second-order valence-corrected chi connectivity index (χ2v) is 4.98. The lowest BCUT2D eigenvalue weighted by Crippen LogP contribution is -2.20. The molecule has 2 N–H and O–H groups in total. The number of rotatable bonds is 4. The van der Waals surface area contributed by atoms with Crippen LogP contribution in [0.1, 0.15) is 25.0 Å². The lowest BCUT2D eigenvalue weighted by molar-refractivity contribution is 0.161. The van der Waals surface area contributed by atoms with Gasteiger partial charge in [0.1, 0.15) is 5.75 Å². The summed E-state index contributed by atoms with van der Waals surface area (Å²) >= 11 is 0. The van der Waals surface area contributed by atoms with E-state index in [4.69, 9.17) is 4.74 Å². The van der Waals surface area contributed by atoms with Crippen LogP contribution < -0.4 is 4.90 Å². The normalized spacial score (nSPS) is 21.3. The number of aromatic hydroxyl groups is 1. The summed E-state index contributed by atoms with van der Waals surface area (Å²) in [5, 5.41) is 19.4. The number of methoxy groups -OCH3 is 1. The van der Waals surface area contributed by atoms with Crippen molar-refractivity contribution in [3.8, 4) is 5.75 Å². The molecule has 0 aromatic heterocycles. The summed E-state index contributed by atoms with van der Waals surface area (Å²) in [4.78, 5) is 2.25. The van der Waals surface area contributed by atoms with Gasteiger partial charge in [0.25, 0.3) is 0 Å². The van der Waals surface area contributed by atoms with E-state index in [1.54, 1.807) is 26.2 Å². The van der Waals surface area contributed by atoms with Crippen LogP contribution in [0.15, 0.2) is 18.2 Å². The highest BCUT2D eigenvalue weighted by molar-refractivity contribution is 5.54. The van der Waals surface area contributed by atoms with Gasteiger partial charge in [-0.25, -0.2) is 0 Å². The van der Waals surface area contributed by atoms with Gasteiger partial charge in [-0.3, -0.25) is 0 Å². The molecule has 4 nitrogen and oxygen atoms in total. The van der Waals surface area contributed by atoms with Gasteiger partial charge >= 0.3 is 0 Å². The van der Waals surface area contributed by atoms with Crippen molar-refractivity contribution in [2.45, 2.75) is 19.4 Å². The maximum atomic E-state index is 9.88. The molecule has 18 heavy (non-hydrogen) atoms. The highest BCUT2D eigenvalue weighted by atomic mass is 16.5. The number of phenols is 1. The predicted molar refractivity (Wildman–Crippen MR) is 70.9 cm³/mol. The standard InChI is InChI=1S/C14H21NO3/c1-10(16)13-4-3-12(7-14(13)17)15-6-5-11(8-15)9-18-2/h3-4,7,10-11,16-17H,5-6,8-9H2,1-2H3. The van der Waals surface area contributed by atoms with Gasteiger partial charge in [0.05, 0.1) is 12.7 Å². The number of hydrogen-bond donors (Lipinski definition) is 2. The van der Waals surface area contributed by atoms with Crippen LogP contribution in [0.25, 0.3) is 0 Å². The van der Waals surface area contributed by atoms with E-state index in [2.05, 4.69) is 4.90 Å². The average Bonchev–Trinajstić information content (AvgIpc) is 2.77. The predicted octanol–water partition coefficient (Wildman–Crippen LogP) is 1.92. The van der Waals surface area contributed by atoms with Crippen molar-refractivity contribution in [1.29, 1.82) is 0 Å². The molecule has 0 bridgehead atoms. The van der Waals surface area contributed by atoms with Gasteiger partial charge in [-0.05, 0) is 19.4 Å². The molecule has 0 spiro atoms. The molecule has 0 saturated carbocycles. The first-order chi connectivity index (χ1) is 8.61. The van der Waals surface area contributed by atoms with Gasteiger partial charge in [0.2, 0.25) is 0 Å². The molecular weight excluding hydrogens is 230 g/mol. The zero-order valence-corrected chi connectivity index (χ0v) is 11.0. The zero-order chi connectivity index (χ0) is 13.1. The third-order valence-electron chi connectivity index (χ3n) is 3.52. The van der Waals surface area contributed by atoms with Crippen LogP contribution in [0.5, 0.6) is 5.75 Å². The molecule has 1 aromatic rings. The van der Waals surface area contributed by atoms with Crippen LogP contribution in [-0.2, 0) is 4.74 Å². The highest BCUT2D eigenvalue weighted by Crippen LogP contribution is 2.31. The van der Waals surface area contributed by atoms with Crippen molar-refractivity contribution in [2.24, 2.45) is 5.92 Å². The Morgan fingerprint density at radius 2 is 2.28 bits per heavy atom. The summed E-state index contributed by atoms with van der Waals surface area (Å²) in [7, 11) is 1.73. The van der Waals surface area contributed by atoms with E-state index in [1.807, 2.05) is 6.07 Å². The van der Waals surface area contributed by atoms with Crippen LogP contribution >= 0.6 is 0 Å².